The van der Waals surface area contributed by atoms with Crippen LogP contribution in [0.4, 0.5) is 0 Å². The third-order valence-corrected chi connectivity index (χ3v) is 7.63. The topological polar surface area (TPSA) is 94.7 Å². The van der Waals surface area contributed by atoms with Crippen molar-refractivity contribution in [3.05, 3.63) is 107 Å². The Hall–Kier alpha value is -4.95. The number of thiazole rings is 1. The molecule has 0 amide bonds. The Labute approximate surface area is 240 Å². The number of oxazole rings is 1. The molecule has 204 valence electrons. The normalized spacial score (nSPS) is 11.1. The highest BCUT2D eigenvalue weighted by atomic mass is 32.1. The van der Waals surface area contributed by atoms with Crippen molar-refractivity contribution in [1.29, 1.82) is 0 Å². The van der Waals surface area contributed by atoms with Gasteiger partial charge in [0.15, 0.2) is 18.1 Å². The van der Waals surface area contributed by atoms with Crippen LogP contribution in [0.3, 0.4) is 0 Å². The van der Waals surface area contributed by atoms with Gasteiger partial charge in [0, 0.05) is 12.5 Å². The van der Waals surface area contributed by atoms with Crippen LogP contribution in [-0.2, 0) is 11.4 Å². The smallest absolute Gasteiger partial charge is 0.341 e. The van der Waals surface area contributed by atoms with Gasteiger partial charge >= 0.3 is 5.97 Å². The van der Waals surface area contributed by atoms with E-state index in [4.69, 9.17) is 24.0 Å². The molecular weight excluding hydrogens is 536 g/mol. The van der Waals surface area contributed by atoms with E-state index in [0.29, 0.717) is 17.4 Å². The van der Waals surface area contributed by atoms with Gasteiger partial charge in [-0.25, -0.2) is 14.8 Å². The standard InChI is InChI=1S/C33H26N2O5S/c1-20-16-26(13-15-28(20)39-19-31(36)37)38-18-30-35-32(25-12-14-29-27(17-25)34-21(2)40-29)33(41-30)24-10-8-23(9-11-24)22-6-4-3-5-7-22/h3-17H,18-19H2,1-2H3,(H,36,37). The summed E-state index contributed by atoms with van der Waals surface area (Å²) in [6, 6.07) is 30.1. The van der Waals surface area contributed by atoms with Gasteiger partial charge in [-0.1, -0.05) is 54.6 Å². The Kier molecular flexibility index (Phi) is 7.22. The highest BCUT2D eigenvalue weighted by Gasteiger charge is 2.17. The van der Waals surface area contributed by atoms with Crippen LogP contribution in [-0.4, -0.2) is 27.7 Å². The molecule has 0 atom stereocenters. The van der Waals surface area contributed by atoms with Crippen LogP contribution < -0.4 is 9.47 Å². The quantitative estimate of drug-likeness (QED) is 0.191. The van der Waals surface area contributed by atoms with Crippen LogP contribution in [0.5, 0.6) is 11.5 Å². The first-order valence-electron chi connectivity index (χ1n) is 13.0. The summed E-state index contributed by atoms with van der Waals surface area (Å²) in [5.74, 6) is 0.759. The monoisotopic (exact) mass is 562 g/mol. The average molecular weight is 563 g/mol. The van der Waals surface area contributed by atoms with E-state index in [1.165, 1.54) is 5.56 Å². The van der Waals surface area contributed by atoms with Crippen molar-refractivity contribution in [3.8, 4) is 44.3 Å². The van der Waals surface area contributed by atoms with E-state index in [2.05, 4.69) is 41.4 Å². The molecule has 2 aromatic heterocycles. The van der Waals surface area contributed by atoms with Gasteiger partial charge in [0.25, 0.3) is 0 Å². The number of fused-ring (bicyclic) bond motifs is 1. The molecule has 0 aliphatic heterocycles. The van der Waals surface area contributed by atoms with Crippen molar-refractivity contribution in [3.63, 3.8) is 0 Å². The fourth-order valence-electron chi connectivity index (χ4n) is 4.61. The summed E-state index contributed by atoms with van der Waals surface area (Å²) in [6.07, 6.45) is 0. The van der Waals surface area contributed by atoms with Crippen LogP contribution in [0.15, 0.2) is 95.4 Å². The van der Waals surface area contributed by atoms with Gasteiger partial charge < -0.3 is 19.0 Å². The first-order chi connectivity index (χ1) is 19.9. The van der Waals surface area contributed by atoms with Crippen LogP contribution in [0.1, 0.15) is 16.5 Å². The zero-order chi connectivity index (χ0) is 28.3. The summed E-state index contributed by atoms with van der Waals surface area (Å²) in [7, 11) is 0. The first kappa shape index (κ1) is 26.3. The number of carbonyl (C=O) groups is 1. The number of aliphatic carboxylic acids is 1. The number of carboxylic acids is 1. The lowest BCUT2D eigenvalue weighted by Gasteiger charge is -2.09. The van der Waals surface area contributed by atoms with Crippen LogP contribution >= 0.6 is 11.3 Å². The number of hydrogen-bond donors (Lipinski definition) is 1. The van der Waals surface area contributed by atoms with Gasteiger partial charge in [0.2, 0.25) is 0 Å². The van der Waals surface area contributed by atoms with Crippen molar-refractivity contribution in [1.82, 2.24) is 9.97 Å². The van der Waals surface area contributed by atoms with Crippen molar-refractivity contribution in [2.24, 2.45) is 0 Å². The summed E-state index contributed by atoms with van der Waals surface area (Å²) in [5, 5.41) is 9.70. The number of aromatic nitrogens is 2. The minimum atomic E-state index is -1.02. The van der Waals surface area contributed by atoms with Gasteiger partial charge in [-0.15, -0.1) is 11.3 Å². The summed E-state index contributed by atoms with van der Waals surface area (Å²) in [6.45, 7) is 3.58. The summed E-state index contributed by atoms with van der Waals surface area (Å²) in [4.78, 5) is 21.4. The maximum Gasteiger partial charge on any atom is 0.341 e. The lowest BCUT2D eigenvalue weighted by molar-refractivity contribution is -0.139. The van der Waals surface area contributed by atoms with E-state index in [1.54, 1.807) is 23.5 Å². The van der Waals surface area contributed by atoms with E-state index >= 15 is 0 Å². The zero-order valence-electron chi connectivity index (χ0n) is 22.5. The number of carboxylic acid groups (broad SMARTS) is 1. The fraction of sp³-hybridized carbons (Fsp3) is 0.121. The number of nitrogens with zero attached hydrogens (tertiary/aromatic N) is 2. The van der Waals surface area contributed by atoms with Crippen LogP contribution in [0.2, 0.25) is 0 Å². The third-order valence-electron chi connectivity index (χ3n) is 6.55. The minimum Gasteiger partial charge on any atom is -0.486 e. The second-order valence-corrected chi connectivity index (χ2v) is 10.6. The molecule has 6 aromatic rings. The third kappa shape index (κ3) is 5.83. The molecule has 0 aliphatic rings. The summed E-state index contributed by atoms with van der Waals surface area (Å²) < 4.78 is 17.1. The lowest BCUT2D eigenvalue weighted by atomic mass is 10.0. The highest BCUT2D eigenvalue weighted by Crippen LogP contribution is 2.39. The largest absolute Gasteiger partial charge is 0.486 e. The Morgan fingerprint density at radius 1 is 0.829 bits per heavy atom. The second kappa shape index (κ2) is 11.3. The molecule has 8 heteroatoms. The van der Waals surface area contributed by atoms with E-state index in [-0.39, 0.29) is 6.61 Å². The van der Waals surface area contributed by atoms with Crippen molar-refractivity contribution >= 4 is 28.4 Å². The molecule has 0 radical (unpaired) electrons. The number of benzene rings is 4. The molecule has 6 rings (SSSR count). The van der Waals surface area contributed by atoms with E-state index in [1.807, 2.05) is 56.3 Å². The van der Waals surface area contributed by atoms with Gasteiger partial charge in [0.1, 0.15) is 28.6 Å². The van der Waals surface area contributed by atoms with Crippen molar-refractivity contribution in [2.45, 2.75) is 20.5 Å². The van der Waals surface area contributed by atoms with E-state index < -0.39 is 12.6 Å². The predicted octanol–water partition coefficient (Wildman–Crippen LogP) is 7.94. The number of ether oxygens (including phenoxy) is 2. The molecule has 0 unspecified atom stereocenters. The molecule has 41 heavy (non-hydrogen) atoms. The lowest BCUT2D eigenvalue weighted by Crippen LogP contribution is -2.10. The number of aryl methyl sites for hydroxylation is 2. The Morgan fingerprint density at radius 2 is 1.56 bits per heavy atom. The predicted molar refractivity (Wildman–Crippen MR) is 159 cm³/mol. The summed E-state index contributed by atoms with van der Waals surface area (Å²) in [5.41, 5.74) is 7.51. The molecule has 0 bridgehead atoms. The molecule has 0 aliphatic carbocycles. The maximum atomic E-state index is 10.8. The van der Waals surface area contributed by atoms with E-state index in [9.17, 15) is 4.79 Å². The summed E-state index contributed by atoms with van der Waals surface area (Å²) >= 11 is 1.59. The molecule has 0 saturated heterocycles. The Morgan fingerprint density at radius 3 is 2.32 bits per heavy atom. The second-order valence-electron chi connectivity index (χ2n) is 9.54. The maximum absolute atomic E-state index is 10.8. The molecule has 1 N–H and O–H groups in total. The average Bonchev–Trinajstić information content (AvgIpc) is 3.58. The minimum absolute atomic E-state index is 0.278. The van der Waals surface area contributed by atoms with Gasteiger partial charge in [-0.3, -0.25) is 0 Å². The molecular formula is C33H26N2O5S. The van der Waals surface area contributed by atoms with Gasteiger partial charge in [0.05, 0.1) is 10.6 Å². The molecule has 2 heterocycles. The van der Waals surface area contributed by atoms with Crippen LogP contribution in [0, 0.1) is 13.8 Å². The van der Waals surface area contributed by atoms with Crippen molar-refractivity contribution < 1.29 is 23.8 Å². The van der Waals surface area contributed by atoms with Crippen LogP contribution in [0.25, 0.3) is 43.9 Å². The molecule has 0 fully saturated rings. The zero-order valence-corrected chi connectivity index (χ0v) is 23.3. The van der Waals surface area contributed by atoms with E-state index in [0.717, 1.165) is 48.9 Å². The number of rotatable bonds is 9. The molecule has 0 saturated carbocycles. The SMILES string of the molecule is Cc1nc2cc(-c3nc(COc4ccc(OCC(=O)O)c(C)c4)sc3-c3ccc(-c4ccccc4)cc3)ccc2o1. The fourth-order valence-corrected chi connectivity index (χ4v) is 5.61. The molecule has 7 nitrogen and oxygen atoms in total. The Bertz CT molecular complexity index is 1840. The van der Waals surface area contributed by atoms with Gasteiger partial charge in [-0.2, -0.15) is 0 Å². The van der Waals surface area contributed by atoms with Gasteiger partial charge in [-0.05, 0) is 65.6 Å². The number of hydrogen-bond acceptors (Lipinski definition) is 7. The van der Waals surface area contributed by atoms with Crippen molar-refractivity contribution in [2.75, 3.05) is 6.61 Å². The first-order valence-corrected chi connectivity index (χ1v) is 13.9. The highest BCUT2D eigenvalue weighted by molar-refractivity contribution is 7.15. The molecule has 4 aromatic carbocycles. The Balaban J connectivity index is 1.31. The molecule has 0 spiro atoms.